The number of thiophene rings is 1. The molecular weight excluding hydrogens is 346 g/mol. The molecule has 0 atom stereocenters. The van der Waals surface area contributed by atoms with Crippen LogP contribution in [0.3, 0.4) is 0 Å². The zero-order chi connectivity index (χ0) is 18.2. The van der Waals surface area contributed by atoms with Crippen molar-refractivity contribution in [3.8, 4) is 11.5 Å². The summed E-state index contributed by atoms with van der Waals surface area (Å²) in [7, 11) is 1.65. The number of carbonyl (C=O) groups excluding carboxylic acids is 1. The molecule has 0 saturated carbocycles. The molecule has 0 unspecified atom stereocenters. The normalized spacial score (nSPS) is 10.3. The summed E-state index contributed by atoms with van der Waals surface area (Å²) in [6.45, 7) is 1.05. The van der Waals surface area contributed by atoms with E-state index in [-0.39, 0.29) is 5.91 Å². The predicted octanol–water partition coefficient (Wildman–Crippen LogP) is 4.31. The van der Waals surface area contributed by atoms with Gasteiger partial charge in [0.05, 0.1) is 7.11 Å². The molecule has 134 valence electrons. The summed E-state index contributed by atoms with van der Waals surface area (Å²) >= 11 is 1.65. The van der Waals surface area contributed by atoms with E-state index in [9.17, 15) is 4.79 Å². The number of ether oxygens (including phenoxy) is 2. The SMILES string of the molecule is COc1ccccc1CCNC(=O)c1cccc(OCc2cccs2)c1. The second-order valence-corrected chi connectivity index (χ2v) is 6.75. The minimum Gasteiger partial charge on any atom is -0.496 e. The van der Waals surface area contributed by atoms with Crippen molar-refractivity contribution in [2.24, 2.45) is 0 Å². The van der Waals surface area contributed by atoms with Gasteiger partial charge in [0.15, 0.2) is 0 Å². The van der Waals surface area contributed by atoms with Gasteiger partial charge in [-0.1, -0.05) is 30.3 Å². The van der Waals surface area contributed by atoms with Crippen LogP contribution in [-0.4, -0.2) is 19.6 Å². The molecule has 0 aliphatic carbocycles. The van der Waals surface area contributed by atoms with Crippen LogP contribution in [0.25, 0.3) is 0 Å². The molecule has 3 rings (SSSR count). The summed E-state index contributed by atoms with van der Waals surface area (Å²) in [6, 6.07) is 19.1. The Morgan fingerprint density at radius 3 is 2.77 bits per heavy atom. The Hall–Kier alpha value is -2.79. The summed E-state index contributed by atoms with van der Waals surface area (Å²) in [5, 5.41) is 4.97. The van der Waals surface area contributed by atoms with Crippen molar-refractivity contribution in [1.29, 1.82) is 0 Å². The molecule has 0 radical (unpaired) electrons. The number of hydrogen-bond acceptors (Lipinski definition) is 4. The van der Waals surface area contributed by atoms with Crippen molar-refractivity contribution in [2.45, 2.75) is 13.0 Å². The smallest absolute Gasteiger partial charge is 0.251 e. The van der Waals surface area contributed by atoms with Crippen LogP contribution in [0.2, 0.25) is 0 Å². The van der Waals surface area contributed by atoms with Crippen LogP contribution >= 0.6 is 11.3 Å². The molecule has 1 heterocycles. The lowest BCUT2D eigenvalue weighted by Crippen LogP contribution is -2.25. The minimum atomic E-state index is -0.110. The molecule has 0 bridgehead atoms. The van der Waals surface area contributed by atoms with Gasteiger partial charge in [0.1, 0.15) is 18.1 Å². The molecule has 1 aromatic heterocycles. The Bertz CT molecular complexity index is 846. The van der Waals surface area contributed by atoms with E-state index in [1.807, 2.05) is 53.9 Å². The summed E-state index contributed by atoms with van der Waals surface area (Å²) in [6.07, 6.45) is 0.713. The molecule has 0 aliphatic rings. The lowest BCUT2D eigenvalue weighted by Gasteiger charge is -2.10. The van der Waals surface area contributed by atoms with E-state index >= 15 is 0 Å². The van der Waals surface area contributed by atoms with Crippen molar-refractivity contribution >= 4 is 17.2 Å². The summed E-state index contributed by atoms with van der Waals surface area (Å²) in [4.78, 5) is 13.5. The third kappa shape index (κ3) is 4.86. The zero-order valence-corrected chi connectivity index (χ0v) is 15.4. The monoisotopic (exact) mass is 367 g/mol. The molecule has 3 aromatic rings. The van der Waals surface area contributed by atoms with Crippen molar-refractivity contribution in [2.75, 3.05) is 13.7 Å². The zero-order valence-electron chi connectivity index (χ0n) is 14.6. The fourth-order valence-electron chi connectivity index (χ4n) is 2.60. The molecule has 1 amide bonds. The van der Waals surface area contributed by atoms with E-state index in [0.29, 0.717) is 30.9 Å². The Balaban J connectivity index is 1.53. The van der Waals surface area contributed by atoms with Gasteiger partial charge in [-0.3, -0.25) is 4.79 Å². The molecule has 0 saturated heterocycles. The lowest BCUT2D eigenvalue weighted by atomic mass is 10.1. The largest absolute Gasteiger partial charge is 0.496 e. The number of rotatable bonds is 8. The average Bonchev–Trinajstić information content (AvgIpc) is 3.20. The number of benzene rings is 2. The first-order valence-electron chi connectivity index (χ1n) is 8.41. The van der Waals surface area contributed by atoms with E-state index in [0.717, 1.165) is 16.2 Å². The van der Waals surface area contributed by atoms with Crippen LogP contribution in [-0.2, 0) is 13.0 Å². The molecule has 2 aromatic carbocycles. The number of para-hydroxylation sites is 1. The quantitative estimate of drug-likeness (QED) is 0.645. The molecule has 4 nitrogen and oxygen atoms in total. The lowest BCUT2D eigenvalue weighted by molar-refractivity contribution is 0.0953. The van der Waals surface area contributed by atoms with Gasteiger partial charge >= 0.3 is 0 Å². The molecule has 0 spiro atoms. The van der Waals surface area contributed by atoms with Gasteiger partial charge in [-0.15, -0.1) is 11.3 Å². The molecule has 0 aliphatic heterocycles. The van der Waals surface area contributed by atoms with Crippen molar-refractivity contribution in [3.63, 3.8) is 0 Å². The predicted molar refractivity (Wildman–Crippen MR) is 104 cm³/mol. The Morgan fingerprint density at radius 1 is 1.08 bits per heavy atom. The van der Waals surface area contributed by atoms with Crippen LogP contribution in [0, 0.1) is 0 Å². The van der Waals surface area contributed by atoms with E-state index in [2.05, 4.69) is 5.32 Å². The van der Waals surface area contributed by atoms with Crippen LogP contribution in [0.1, 0.15) is 20.8 Å². The van der Waals surface area contributed by atoms with Crippen molar-refractivity contribution < 1.29 is 14.3 Å². The highest BCUT2D eigenvalue weighted by atomic mass is 32.1. The second kappa shape index (κ2) is 9.06. The van der Waals surface area contributed by atoms with E-state index < -0.39 is 0 Å². The molecule has 1 N–H and O–H groups in total. The summed E-state index contributed by atoms with van der Waals surface area (Å²) in [5.41, 5.74) is 1.66. The van der Waals surface area contributed by atoms with Gasteiger partial charge in [0, 0.05) is 17.0 Å². The molecule has 5 heteroatoms. The minimum absolute atomic E-state index is 0.110. The number of methoxy groups -OCH3 is 1. The first-order valence-corrected chi connectivity index (χ1v) is 9.29. The molecular formula is C21H21NO3S. The maximum absolute atomic E-state index is 12.4. The van der Waals surface area contributed by atoms with Crippen LogP contribution < -0.4 is 14.8 Å². The van der Waals surface area contributed by atoms with Crippen molar-refractivity contribution in [1.82, 2.24) is 5.32 Å². The number of hydrogen-bond donors (Lipinski definition) is 1. The van der Waals surface area contributed by atoms with Gasteiger partial charge < -0.3 is 14.8 Å². The maximum atomic E-state index is 12.4. The summed E-state index contributed by atoms with van der Waals surface area (Å²) in [5.74, 6) is 1.42. The van der Waals surface area contributed by atoms with Gasteiger partial charge in [-0.05, 0) is 47.7 Å². The summed E-state index contributed by atoms with van der Waals surface area (Å²) < 4.78 is 11.1. The van der Waals surface area contributed by atoms with E-state index in [1.165, 1.54) is 0 Å². The van der Waals surface area contributed by atoms with Gasteiger partial charge in [-0.25, -0.2) is 0 Å². The first kappa shape index (κ1) is 18.0. The maximum Gasteiger partial charge on any atom is 0.251 e. The van der Waals surface area contributed by atoms with Gasteiger partial charge in [0.25, 0.3) is 5.91 Å². The fraction of sp³-hybridized carbons (Fsp3) is 0.190. The van der Waals surface area contributed by atoms with Gasteiger partial charge in [0.2, 0.25) is 0 Å². The van der Waals surface area contributed by atoms with Crippen LogP contribution in [0.15, 0.2) is 66.0 Å². The van der Waals surface area contributed by atoms with E-state index in [4.69, 9.17) is 9.47 Å². The Labute approximate surface area is 157 Å². The Morgan fingerprint density at radius 2 is 1.96 bits per heavy atom. The number of amides is 1. The molecule has 0 fully saturated rings. The van der Waals surface area contributed by atoms with Crippen LogP contribution in [0.4, 0.5) is 0 Å². The standard InChI is InChI=1S/C21H21NO3S/c1-24-20-10-3-2-6-16(20)11-12-22-21(23)17-7-4-8-18(14-17)25-15-19-9-5-13-26-19/h2-10,13-14H,11-12,15H2,1H3,(H,22,23). The first-order chi connectivity index (χ1) is 12.8. The topological polar surface area (TPSA) is 47.6 Å². The highest BCUT2D eigenvalue weighted by Crippen LogP contribution is 2.18. The van der Waals surface area contributed by atoms with Gasteiger partial charge in [-0.2, -0.15) is 0 Å². The number of carbonyl (C=O) groups is 1. The highest BCUT2D eigenvalue weighted by molar-refractivity contribution is 7.09. The highest BCUT2D eigenvalue weighted by Gasteiger charge is 2.08. The third-order valence-corrected chi connectivity index (χ3v) is 4.78. The third-order valence-electron chi connectivity index (χ3n) is 3.93. The number of nitrogens with one attached hydrogen (secondary N) is 1. The van der Waals surface area contributed by atoms with E-state index in [1.54, 1.807) is 30.6 Å². The van der Waals surface area contributed by atoms with Crippen LogP contribution in [0.5, 0.6) is 11.5 Å². The molecule has 26 heavy (non-hydrogen) atoms. The average molecular weight is 367 g/mol. The fourth-order valence-corrected chi connectivity index (χ4v) is 3.21. The Kier molecular flexibility index (Phi) is 6.28. The second-order valence-electron chi connectivity index (χ2n) is 5.71. The van der Waals surface area contributed by atoms with Crippen molar-refractivity contribution in [3.05, 3.63) is 82.0 Å².